The molecule has 0 spiro atoms. The number of fused-ring (bicyclic) bond motifs is 1. The normalized spacial score (nSPS) is 11.3. The van der Waals surface area contributed by atoms with E-state index < -0.39 is 6.09 Å². The molecule has 2 aromatic carbocycles. The molecule has 0 aliphatic carbocycles. The van der Waals surface area contributed by atoms with Crippen molar-refractivity contribution in [3.8, 4) is 0 Å². The number of primary amides is 1. The Bertz CT molecular complexity index is 1300. The number of aromatic nitrogens is 3. The number of pyridine rings is 1. The van der Waals surface area contributed by atoms with Crippen molar-refractivity contribution in [2.75, 3.05) is 0 Å². The number of halogens is 2. The van der Waals surface area contributed by atoms with Gasteiger partial charge in [-0.15, -0.1) is 0 Å². The molecule has 0 saturated heterocycles. The van der Waals surface area contributed by atoms with Gasteiger partial charge in [0.05, 0.1) is 17.8 Å². The average Bonchev–Trinajstić information content (AvgIpc) is 3.08. The zero-order valence-electron chi connectivity index (χ0n) is 18.1. The first-order chi connectivity index (χ1) is 15.8. The highest BCUT2D eigenvalue weighted by molar-refractivity contribution is 7.99. The van der Waals surface area contributed by atoms with Crippen LogP contribution in [0.5, 0.6) is 0 Å². The van der Waals surface area contributed by atoms with Gasteiger partial charge in [-0.3, -0.25) is 4.98 Å². The van der Waals surface area contributed by atoms with Crippen molar-refractivity contribution < 1.29 is 9.53 Å². The van der Waals surface area contributed by atoms with Crippen molar-refractivity contribution in [1.29, 1.82) is 0 Å². The van der Waals surface area contributed by atoms with Crippen molar-refractivity contribution in [3.05, 3.63) is 81.9 Å². The highest BCUT2D eigenvalue weighted by atomic mass is 35.5. The maximum absolute atomic E-state index is 11.3. The Morgan fingerprint density at radius 2 is 1.88 bits per heavy atom. The minimum absolute atomic E-state index is 0.0348. The predicted octanol–water partition coefficient (Wildman–Crippen LogP) is 6.66. The van der Waals surface area contributed by atoms with Crippen molar-refractivity contribution in [2.45, 2.75) is 42.8 Å². The average molecular weight is 501 g/mol. The van der Waals surface area contributed by atoms with Crippen LogP contribution in [0.2, 0.25) is 10.0 Å². The van der Waals surface area contributed by atoms with Crippen molar-refractivity contribution in [3.63, 3.8) is 0 Å². The molecule has 6 nitrogen and oxygen atoms in total. The van der Waals surface area contributed by atoms with Crippen LogP contribution in [0, 0.1) is 0 Å². The monoisotopic (exact) mass is 500 g/mol. The second-order valence-corrected chi connectivity index (χ2v) is 9.75. The third-order valence-corrected chi connectivity index (χ3v) is 6.48. The zero-order chi connectivity index (χ0) is 23.5. The van der Waals surface area contributed by atoms with E-state index in [1.54, 1.807) is 6.07 Å². The minimum Gasteiger partial charge on any atom is -0.442 e. The van der Waals surface area contributed by atoms with Gasteiger partial charge < -0.3 is 15.0 Å². The van der Waals surface area contributed by atoms with Gasteiger partial charge in [-0.2, -0.15) is 0 Å². The number of nitrogens with two attached hydrogens (primary N) is 1. The lowest BCUT2D eigenvalue weighted by Gasteiger charge is -2.14. The largest absolute Gasteiger partial charge is 0.442 e. The van der Waals surface area contributed by atoms with Gasteiger partial charge in [0, 0.05) is 26.5 Å². The summed E-state index contributed by atoms with van der Waals surface area (Å²) in [7, 11) is 0. The molecule has 4 rings (SSSR count). The molecular formula is C24H22Cl2N4O2S. The van der Waals surface area contributed by atoms with Gasteiger partial charge in [0.25, 0.3) is 0 Å². The number of ether oxygens (including phenoxy) is 1. The van der Waals surface area contributed by atoms with E-state index in [4.69, 9.17) is 38.7 Å². The van der Waals surface area contributed by atoms with E-state index in [-0.39, 0.29) is 12.5 Å². The van der Waals surface area contributed by atoms with Crippen LogP contribution in [0.3, 0.4) is 0 Å². The molecule has 2 heterocycles. The van der Waals surface area contributed by atoms with E-state index in [1.165, 1.54) is 11.8 Å². The summed E-state index contributed by atoms with van der Waals surface area (Å²) in [6.45, 7) is 4.59. The molecule has 0 atom stereocenters. The Morgan fingerprint density at radius 1 is 1.15 bits per heavy atom. The van der Waals surface area contributed by atoms with Crippen LogP contribution < -0.4 is 5.73 Å². The quantitative estimate of drug-likeness (QED) is 0.306. The van der Waals surface area contributed by atoms with E-state index in [2.05, 4.69) is 24.9 Å². The van der Waals surface area contributed by atoms with E-state index >= 15 is 0 Å². The first kappa shape index (κ1) is 23.4. The number of benzene rings is 2. The molecular weight excluding hydrogens is 479 g/mol. The number of carbonyl (C=O) groups is 1. The summed E-state index contributed by atoms with van der Waals surface area (Å²) in [5.74, 6) is 0.728. The highest BCUT2D eigenvalue weighted by Crippen LogP contribution is 2.37. The third-order valence-electron chi connectivity index (χ3n) is 4.95. The summed E-state index contributed by atoms with van der Waals surface area (Å²) in [4.78, 5) is 21.6. The van der Waals surface area contributed by atoms with Gasteiger partial charge in [-0.25, -0.2) is 9.78 Å². The standard InChI is InChI=1S/C24H22Cl2N4O2S/c1-14(2)22-23(33-19-9-17(25)8-18(26)10-19)30(21(29-22)13-32-24(27)31)12-15-7-16-5-3-4-6-20(16)28-11-15/h3-11,14H,12-13H2,1-2H3,(H2,27,31). The number of hydrogen-bond donors (Lipinski definition) is 1. The van der Waals surface area contributed by atoms with E-state index in [1.807, 2.05) is 47.2 Å². The molecule has 170 valence electrons. The molecule has 4 aromatic rings. The van der Waals surface area contributed by atoms with Crippen LogP contribution in [0.25, 0.3) is 10.9 Å². The van der Waals surface area contributed by atoms with Crippen LogP contribution in [0.4, 0.5) is 4.79 Å². The van der Waals surface area contributed by atoms with E-state index in [0.717, 1.165) is 32.1 Å². The summed E-state index contributed by atoms with van der Waals surface area (Å²) in [6, 6.07) is 15.5. The summed E-state index contributed by atoms with van der Waals surface area (Å²) >= 11 is 14.0. The van der Waals surface area contributed by atoms with Crippen LogP contribution in [-0.2, 0) is 17.9 Å². The van der Waals surface area contributed by atoms with Crippen LogP contribution >= 0.6 is 35.0 Å². The summed E-state index contributed by atoms with van der Waals surface area (Å²) in [5.41, 5.74) is 8.03. The number of rotatable bonds is 7. The smallest absolute Gasteiger partial charge is 0.404 e. The Kier molecular flexibility index (Phi) is 7.12. The molecule has 0 unspecified atom stereocenters. The third kappa shape index (κ3) is 5.61. The lowest BCUT2D eigenvalue weighted by atomic mass is 10.1. The lowest BCUT2D eigenvalue weighted by molar-refractivity contribution is 0.145. The molecule has 9 heteroatoms. The molecule has 0 saturated carbocycles. The van der Waals surface area contributed by atoms with E-state index in [9.17, 15) is 4.79 Å². The van der Waals surface area contributed by atoms with Gasteiger partial charge in [0.1, 0.15) is 10.9 Å². The Labute approximate surface area is 206 Å². The van der Waals surface area contributed by atoms with Crippen LogP contribution in [-0.4, -0.2) is 20.6 Å². The summed E-state index contributed by atoms with van der Waals surface area (Å²) < 4.78 is 7.13. The summed E-state index contributed by atoms with van der Waals surface area (Å²) in [5, 5.41) is 3.07. The topological polar surface area (TPSA) is 83.0 Å². The van der Waals surface area contributed by atoms with Crippen LogP contribution in [0.15, 0.2) is 64.6 Å². The van der Waals surface area contributed by atoms with Crippen molar-refractivity contribution >= 4 is 52.0 Å². The molecule has 1 amide bonds. The molecule has 0 bridgehead atoms. The molecule has 0 aliphatic rings. The first-order valence-electron chi connectivity index (χ1n) is 10.3. The van der Waals surface area contributed by atoms with Crippen molar-refractivity contribution in [1.82, 2.24) is 14.5 Å². The lowest BCUT2D eigenvalue weighted by Crippen LogP contribution is -2.15. The van der Waals surface area contributed by atoms with Gasteiger partial charge in [0.15, 0.2) is 6.61 Å². The fourth-order valence-electron chi connectivity index (χ4n) is 3.48. The fourth-order valence-corrected chi connectivity index (χ4v) is 5.40. The van der Waals surface area contributed by atoms with E-state index in [0.29, 0.717) is 22.4 Å². The minimum atomic E-state index is -0.848. The van der Waals surface area contributed by atoms with Crippen molar-refractivity contribution in [2.24, 2.45) is 5.73 Å². The van der Waals surface area contributed by atoms with Gasteiger partial charge >= 0.3 is 6.09 Å². The number of para-hydroxylation sites is 1. The Morgan fingerprint density at radius 3 is 2.58 bits per heavy atom. The number of imidazole rings is 1. The number of carbonyl (C=O) groups excluding carboxylic acids is 1. The molecule has 33 heavy (non-hydrogen) atoms. The second-order valence-electron chi connectivity index (χ2n) is 7.81. The molecule has 0 aliphatic heterocycles. The predicted molar refractivity (Wildman–Crippen MR) is 132 cm³/mol. The fraction of sp³-hybridized carbons (Fsp3) is 0.208. The molecule has 0 fully saturated rings. The van der Waals surface area contributed by atoms with Gasteiger partial charge in [0.2, 0.25) is 0 Å². The number of nitrogens with zero attached hydrogens (tertiary/aromatic N) is 3. The van der Waals surface area contributed by atoms with Gasteiger partial charge in [-0.05, 0) is 41.8 Å². The summed E-state index contributed by atoms with van der Waals surface area (Å²) in [6.07, 6.45) is 1.000. The van der Waals surface area contributed by atoms with Gasteiger partial charge in [-0.1, -0.05) is 67.0 Å². The van der Waals surface area contributed by atoms with Crippen LogP contribution in [0.1, 0.15) is 36.8 Å². The second kappa shape index (κ2) is 10.0. The SMILES string of the molecule is CC(C)c1nc(COC(N)=O)n(Cc2cnc3ccccc3c2)c1Sc1cc(Cl)cc(Cl)c1. The number of amides is 1. The molecule has 0 radical (unpaired) electrons. The molecule has 2 aromatic heterocycles. The maximum Gasteiger partial charge on any atom is 0.404 e. The Hall–Kier alpha value is -2.74. The zero-order valence-corrected chi connectivity index (χ0v) is 20.4. The number of hydrogen-bond acceptors (Lipinski definition) is 5. The maximum atomic E-state index is 11.3. The molecule has 2 N–H and O–H groups in total. The highest BCUT2D eigenvalue weighted by Gasteiger charge is 2.22. The Balaban J connectivity index is 1.80. The first-order valence-corrected chi connectivity index (χ1v) is 11.9.